The normalized spacial score (nSPS) is 42.6. The highest BCUT2D eigenvalue weighted by molar-refractivity contribution is 5.77. The number of hydrogen-bond donors (Lipinski definition) is 3. The Bertz CT molecular complexity index is 183. The molecule has 0 radical (unpaired) electrons. The van der Waals surface area contributed by atoms with Crippen molar-refractivity contribution in [3.05, 3.63) is 0 Å². The summed E-state index contributed by atoms with van der Waals surface area (Å²) in [5.74, 6) is 0. The predicted octanol–water partition coefficient (Wildman–Crippen LogP) is -0.452. The molecule has 2 rings (SSSR count). The molecule has 0 spiro atoms. The van der Waals surface area contributed by atoms with Crippen LogP contribution < -0.4 is 16.4 Å². The van der Waals surface area contributed by atoms with Gasteiger partial charge < -0.3 is 16.4 Å². The lowest BCUT2D eigenvalue weighted by atomic mass is 9.88. The molecular formula is C7H13N3O. The molecule has 0 aromatic carbocycles. The number of carbonyl (C=O) groups is 1. The number of fused-ring (bicyclic) bond motifs is 1. The van der Waals surface area contributed by atoms with E-state index in [1.165, 1.54) is 0 Å². The summed E-state index contributed by atoms with van der Waals surface area (Å²) >= 11 is 0. The maximum atomic E-state index is 10.9. The second-order valence-electron chi connectivity index (χ2n) is 3.40. The largest absolute Gasteiger partial charge is 0.333 e. The van der Waals surface area contributed by atoms with Crippen LogP contribution in [0.3, 0.4) is 0 Å². The van der Waals surface area contributed by atoms with Gasteiger partial charge in [-0.3, -0.25) is 0 Å². The van der Waals surface area contributed by atoms with Gasteiger partial charge in [0, 0.05) is 6.04 Å². The molecule has 1 saturated heterocycles. The van der Waals surface area contributed by atoms with Crippen molar-refractivity contribution in [2.45, 2.75) is 37.4 Å². The summed E-state index contributed by atoms with van der Waals surface area (Å²) in [5, 5.41) is 5.73. The van der Waals surface area contributed by atoms with E-state index in [2.05, 4.69) is 10.6 Å². The SMILES string of the molecule is NC1CCC2NC(=O)NC2C1. The topological polar surface area (TPSA) is 67.1 Å². The van der Waals surface area contributed by atoms with Crippen molar-refractivity contribution < 1.29 is 4.79 Å². The summed E-state index contributed by atoms with van der Waals surface area (Å²) in [6.45, 7) is 0. The van der Waals surface area contributed by atoms with E-state index in [1.54, 1.807) is 0 Å². The maximum Gasteiger partial charge on any atom is 0.315 e. The fraction of sp³-hybridized carbons (Fsp3) is 0.857. The molecule has 2 amide bonds. The molecule has 0 aromatic heterocycles. The minimum Gasteiger partial charge on any atom is -0.333 e. The Morgan fingerprint density at radius 1 is 1.27 bits per heavy atom. The standard InChI is InChI=1S/C7H13N3O/c8-4-1-2-5-6(3-4)10-7(11)9-5/h4-6H,1-3,8H2,(H2,9,10,11). The number of amides is 2. The number of nitrogens with two attached hydrogens (primary N) is 1. The highest BCUT2D eigenvalue weighted by Gasteiger charge is 2.35. The van der Waals surface area contributed by atoms with Crippen molar-refractivity contribution in [3.8, 4) is 0 Å². The third-order valence-corrected chi connectivity index (χ3v) is 2.52. The summed E-state index contributed by atoms with van der Waals surface area (Å²) in [6, 6.07) is 0.860. The van der Waals surface area contributed by atoms with E-state index in [9.17, 15) is 4.79 Å². The summed E-state index contributed by atoms with van der Waals surface area (Å²) in [6.07, 6.45) is 2.97. The van der Waals surface area contributed by atoms with Crippen LogP contribution in [0.2, 0.25) is 0 Å². The van der Waals surface area contributed by atoms with Crippen LogP contribution in [-0.4, -0.2) is 24.2 Å². The molecule has 0 aromatic rings. The van der Waals surface area contributed by atoms with Crippen LogP contribution in [0.4, 0.5) is 4.79 Å². The van der Waals surface area contributed by atoms with Crippen LogP contribution in [-0.2, 0) is 0 Å². The summed E-state index contributed by atoms with van der Waals surface area (Å²) in [7, 11) is 0. The zero-order valence-corrected chi connectivity index (χ0v) is 6.34. The average molecular weight is 155 g/mol. The minimum atomic E-state index is -0.0332. The zero-order chi connectivity index (χ0) is 7.84. The number of rotatable bonds is 0. The molecule has 0 bridgehead atoms. The first-order valence-corrected chi connectivity index (χ1v) is 4.08. The molecule has 1 heterocycles. The monoisotopic (exact) mass is 155 g/mol. The number of carbonyl (C=O) groups excluding carboxylic acids is 1. The predicted molar refractivity (Wildman–Crippen MR) is 41.1 cm³/mol. The highest BCUT2D eigenvalue weighted by Crippen LogP contribution is 2.20. The molecule has 2 aliphatic rings. The second kappa shape index (κ2) is 2.37. The highest BCUT2D eigenvalue weighted by atomic mass is 16.2. The van der Waals surface area contributed by atoms with Crippen molar-refractivity contribution >= 4 is 6.03 Å². The Balaban J connectivity index is 2.02. The quantitative estimate of drug-likeness (QED) is 0.443. The van der Waals surface area contributed by atoms with Crippen LogP contribution in [0, 0.1) is 0 Å². The van der Waals surface area contributed by atoms with Crippen molar-refractivity contribution in [1.82, 2.24) is 10.6 Å². The lowest BCUT2D eigenvalue weighted by Crippen LogP contribution is -2.44. The first kappa shape index (κ1) is 6.91. The molecule has 62 valence electrons. The lowest BCUT2D eigenvalue weighted by molar-refractivity contribution is 0.247. The minimum absolute atomic E-state index is 0.0332. The Morgan fingerprint density at radius 2 is 2.00 bits per heavy atom. The van der Waals surface area contributed by atoms with Crippen LogP contribution in [0.25, 0.3) is 0 Å². The van der Waals surface area contributed by atoms with E-state index in [1.807, 2.05) is 0 Å². The van der Waals surface area contributed by atoms with E-state index < -0.39 is 0 Å². The fourth-order valence-corrected chi connectivity index (χ4v) is 1.91. The summed E-state index contributed by atoms with van der Waals surface area (Å²) in [5.41, 5.74) is 5.76. The number of hydrogen-bond acceptors (Lipinski definition) is 2. The third-order valence-electron chi connectivity index (χ3n) is 2.52. The molecule has 11 heavy (non-hydrogen) atoms. The Kier molecular flexibility index (Phi) is 1.49. The maximum absolute atomic E-state index is 10.9. The number of nitrogens with one attached hydrogen (secondary N) is 2. The van der Waals surface area contributed by atoms with Gasteiger partial charge in [-0.25, -0.2) is 4.79 Å². The van der Waals surface area contributed by atoms with Crippen molar-refractivity contribution in [3.63, 3.8) is 0 Å². The molecule has 4 nitrogen and oxygen atoms in total. The molecule has 3 atom stereocenters. The van der Waals surface area contributed by atoms with Crippen LogP contribution in [0.1, 0.15) is 19.3 Å². The van der Waals surface area contributed by atoms with Gasteiger partial charge in [-0.15, -0.1) is 0 Å². The molecule has 2 fully saturated rings. The van der Waals surface area contributed by atoms with E-state index in [-0.39, 0.29) is 18.1 Å². The van der Waals surface area contributed by atoms with Gasteiger partial charge in [0.05, 0.1) is 12.1 Å². The van der Waals surface area contributed by atoms with Gasteiger partial charge in [0.1, 0.15) is 0 Å². The Labute approximate surface area is 65.5 Å². The van der Waals surface area contributed by atoms with Crippen molar-refractivity contribution in [1.29, 1.82) is 0 Å². The zero-order valence-electron chi connectivity index (χ0n) is 6.34. The van der Waals surface area contributed by atoms with E-state index in [0.717, 1.165) is 19.3 Å². The van der Waals surface area contributed by atoms with Gasteiger partial charge in [-0.05, 0) is 19.3 Å². The van der Waals surface area contributed by atoms with E-state index >= 15 is 0 Å². The molecular weight excluding hydrogens is 142 g/mol. The van der Waals surface area contributed by atoms with Crippen molar-refractivity contribution in [2.75, 3.05) is 0 Å². The summed E-state index contributed by atoms with van der Waals surface area (Å²) in [4.78, 5) is 10.9. The van der Waals surface area contributed by atoms with E-state index in [4.69, 9.17) is 5.73 Å². The molecule has 3 unspecified atom stereocenters. The molecule has 1 saturated carbocycles. The smallest absolute Gasteiger partial charge is 0.315 e. The van der Waals surface area contributed by atoms with Gasteiger partial charge in [0.2, 0.25) is 0 Å². The van der Waals surface area contributed by atoms with Crippen LogP contribution in [0.15, 0.2) is 0 Å². The van der Waals surface area contributed by atoms with Crippen molar-refractivity contribution in [2.24, 2.45) is 5.73 Å². The van der Waals surface area contributed by atoms with Gasteiger partial charge in [0.25, 0.3) is 0 Å². The lowest BCUT2D eigenvalue weighted by Gasteiger charge is -2.27. The fourth-order valence-electron chi connectivity index (χ4n) is 1.91. The second-order valence-corrected chi connectivity index (χ2v) is 3.40. The third kappa shape index (κ3) is 1.18. The molecule has 1 aliphatic carbocycles. The Morgan fingerprint density at radius 3 is 2.82 bits per heavy atom. The molecule has 4 heteroatoms. The van der Waals surface area contributed by atoms with Crippen LogP contribution in [0.5, 0.6) is 0 Å². The van der Waals surface area contributed by atoms with Gasteiger partial charge in [-0.1, -0.05) is 0 Å². The Hall–Kier alpha value is -0.770. The summed E-state index contributed by atoms with van der Waals surface area (Å²) < 4.78 is 0. The van der Waals surface area contributed by atoms with Gasteiger partial charge >= 0.3 is 6.03 Å². The van der Waals surface area contributed by atoms with Gasteiger partial charge in [0.15, 0.2) is 0 Å². The van der Waals surface area contributed by atoms with Crippen LogP contribution >= 0.6 is 0 Å². The van der Waals surface area contributed by atoms with Gasteiger partial charge in [-0.2, -0.15) is 0 Å². The van der Waals surface area contributed by atoms with E-state index in [0.29, 0.717) is 6.04 Å². The molecule has 4 N–H and O–H groups in total. The number of urea groups is 1. The first-order valence-electron chi connectivity index (χ1n) is 4.08. The average Bonchev–Trinajstić information content (AvgIpc) is 2.27. The first-order chi connectivity index (χ1) is 5.25. The molecule has 1 aliphatic heterocycles.